The van der Waals surface area contributed by atoms with Crippen LogP contribution in [0.25, 0.3) is 11.0 Å². The highest BCUT2D eigenvalue weighted by Gasteiger charge is 2.41. The van der Waals surface area contributed by atoms with Gasteiger partial charge in [0.2, 0.25) is 0 Å². The molecule has 16 heavy (non-hydrogen) atoms. The Kier molecular flexibility index (Phi) is 1.89. The first-order chi connectivity index (χ1) is 7.59. The number of nitrogens with zero attached hydrogens (tertiary/aromatic N) is 1. The Morgan fingerprint density at radius 1 is 1.44 bits per heavy atom. The third-order valence-corrected chi connectivity index (χ3v) is 3.65. The molecule has 0 radical (unpaired) electrons. The molecule has 0 amide bonds. The number of nitrogens with two attached hydrogens (primary N) is 1. The van der Waals surface area contributed by atoms with Crippen molar-refractivity contribution in [3.05, 3.63) is 29.6 Å². The molecule has 3 rings (SSSR count). The van der Waals surface area contributed by atoms with Crippen LogP contribution < -0.4 is 5.73 Å². The van der Waals surface area contributed by atoms with E-state index in [0.29, 0.717) is 5.92 Å². The number of benzene rings is 1. The summed E-state index contributed by atoms with van der Waals surface area (Å²) >= 11 is 0. The lowest BCUT2D eigenvalue weighted by Gasteiger charge is -2.21. The number of imidazole rings is 1. The molecule has 1 aliphatic carbocycles. The van der Waals surface area contributed by atoms with Crippen molar-refractivity contribution in [2.24, 2.45) is 11.7 Å². The van der Waals surface area contributed by atoms with E-state index in [0.717, 1.165) is 16.9 Å². The highest BCUT2D eigenvalue weighted by atomic mass is 15.0. The maximum Gasteiger partial charge on any atom is 0.127 e. The fourth-order valence-electron chi connectivity index (χ4n) is 2.31. The number of hydrogen-bond donors (Lipinski definition) is 2. The minimum atomic E-state index is -0.300. The highest BCUT2D eigenvalue weighted by Crippen LogP contribution is 2.43. The molecule has 3 heteroatoms. The molecule has 1 aliphatic rings. The molecule has 84 valence electrons. The first-order valence-electron chi connectivity index (χ1n) is 5.84. The first-order valence-corrected chi connectivity index (χ1v) is 5.84. The molecule has 3 nitrogen and oxygen atoms in total. The van der Waals surface area contributed by atoms with E-state index in [1.807, 2.05) is 6.07 Å². The largest absolute Gasteiger partial charge is 0.340 e. The van der Waals surface area contributed by atoms with Crippen molar-refractivity contribution in [2.45, 2.75) is 32.2 Å². The Morgan fingerprint density at radius 2 is 2.19 bits per heavy atom. The standard InChI is InChI=1S/C13H17N3/c1-8-4-3-5-10-11(8)16-12(15-10)13(2,14)9-6-7-9/h3-5,9H,6-7,14H2,1-2H3,(H,15,16). The van der Waals surface area contributed by atoms with Crippen LogP contribution in [0.15, 0.2) is 18.2 Å². The third kappa shape index (κ3) is 1.35. The summed E-state index contributed by atoms with van der Waals surface area (Å²) < 4.78 is 0. The Morgan fingerprint density at radius 3 is 2.81 bits per heavy atom. The van der Waals surface area contributed by atoms with Crippen molar-refractivity contribution in [2.75, 3.05) is 0 Å². The van der Waals surface area contributed by atoms with E-state index < -0.39 is 0 Å². The van der Waals surface area contributed by atoms with Gasteiger partial charge in [-0.3, -0.25) is 0 Å². The van der Waals surface area contributed by atoms with Gasteiger partial charge in [0, 0.05) is 0 Å². The second kappa shape index (κ2) is 3.08. The van der Waals surface area contributed by atoms with Crippen molar-refractivity contribution < 1.29 is 0 Å². The second-order valence-corrected chi connectivity index (χ2v) is 5.11. The fourth-order valence-corrected chi connectivity index (χ4v) is 2.31. The van der Waals surface area contributed by atoms with Crippen LogP contribution in [0.5, 0.6) is 0 Å². The van der Waals surface area contributed by atoms with Gasteiger partial charge in [0.25, 0.3) is 0 Å². The van der Waals surface area contributed by atoms with Gasteiger partial charge in [-0.25, -0.2) is 4.98 Å². The Labute approximate surface area is 95.1 Å². The second-order valence-electron chi connectivity index (χ2n) is 5.11. The molecule has 1 unspecified atom stereocenters. The lowest BCUT2D eigenvalue weighted by atomic mass is 9.97. The number of aryl methyl sites for hydroxylation is 1. The molecular weight excluding hydrogens is 198 g/mol. The smallest absolute Gasteiger partial charge is 0.127 e. The van der Waals surface area contributed by atoms with Crippen LogP contribution in [0.1, 0.15) is 31.2 Å². The van der Waals surface area contributed by atoms with E-state index in [1.165, 1.54) is 18.4 Å². The van der Waals surface area contributed by atoms with Gasteiger partial charge in [0.05, 0.1) is 16.6 Å². The van der Waals surface area contributed by atoms with Gasteiger partial charge in [-0.15, -0.1) is 0 Å². The molecule has 1 heterocycles. The first kappa shape index (κ1) is 9.85. The van der Waals surface area contributed by atoms with Crippen LogP contribution in [0, 0.1) is 12.8 Å². The minimum Gasteiger partial charge on any atom is -0.340 e. The number of aromatic nitrogens is 2. The van der Waals surface area contributed by atoms with E-state index in [-0.39, 0.29) is 5.54 Å². The molecule has 1 aromatic carbocycles. The molecule has 0 spiro atoms. The van der Waals surface area contributed by atoms with Crippen molar-refractivity contribution in [1.29, 1.82) is 0 Å². The van der Waals surface area contributed by atoms with Gasteiger partial charge >= 0.3 is 0 Å². The summed E-state index contributed by atoms with van der Waals surface area (Å²) in [5, 5.41) is 0. The maximum absolute atomic E-state index is 6.36. The van der Waals surface area contributed by atoms with Crippen LogP contribution in [0.3, 0.4) is 0 Å². The number of nitrogens with one attached hydrogen (secondary N) is 1. The summed E-state index contributed by atoms with van der Waals surface area (Å²) in [5.74, 6) is 1.52. The van der Waals surface area contributed by atoms with E-state index in [2.05, 4.69) is 35.9 Å². The van der Waals surface area contributed by atoms with Gasteiger partial charge in [-0.2, -0.15) is 0 Å². The van der Waals surface area contributed by atoms with E-state index in [4.69, 9.17) is 5.73 Å². The predicted octanol–water partition coefficient (Wildman–Crippen LogP) is 2.46. The number of fused-ring (bicyclic) bond motifs is 1. The van der Waals surface area contributed by atoms with Gasteiger partial charge in [0.15, 0.2) is 0 Å². The van der Waals surface area contributed by atoms with Gasteiger partial charge in [-0.1, -0.05) is 12.1 Å². The summed E-state index contributed by atoms with van der Waals surface area (Å²) in [5.41, 5.74) is 9.40. The average Bonchev–Trinajstić information content (AvgIpc) is 2.99. The molecular formula is C13H17N3. The predicted molar refractivity (Wildman–Crippen MR) is 65.1 cm³/mol. The number of rotatable bonds is 2. The quantitative estimate of drug-likeness (QED) is 0.808. The Hall–Kier alpha value is -1.35. The molecule has 2 aromatic rings. The van der Waals surface area contributed by atoms with E-state index in [1.54, 1.807) is 0 Å². The Bertz CT molecular complexity index is 535. The van der Waals surface area contributed by atoms with Crippen LogP contribution in [-0.4, -0.2) is 9.97 Å². The van der Waals surface area contributed by atoms with E-state index in [9.17, 15) is 0 Å². The third-order valence-electron chi connectivity index (χ3n) is 3.65. The summed E-state index contributed by atoms with van der Waals surface area (Å²) in [6, 6.07) is 6.18. The van der Waals surface area contributed by atoms with Crippen LogP contribution in [0.2, 0.25) is 0 Å². The molecule has 0 saturated heterocycles. The monoisotopic (exact) mass is 215 g/mol. The normalized spacial score (nSPS) is 19.9. The van der Waals surface area contributed by atoms with Crippen molar-refractivity contribution in [1.82, 2.24) is 9.97 Å². The molecule has 1 saturated carbocycles. The molecule has 1 fully saturated rings. The zero-order valence-electron chi connectivity index (χ0n) is 9.75. The average molecular weight is 215 g/mol. The number of para-hydroxylation sites is 1. The zero-order valence-corrected chi connectivity index (χ0v) is 9.75. The summed E-state index contributed by atoms with van der Waals surface area (Å²) in [4.78, 5) is 8.03. The minimum absolute atomic E-state index is 0.300. The van der Waals surface area contributed by atoms with Crippen molar-refractivity contribution in [3.8, 4) is 0 Å². The van der Waals surface area contributed by atoms with Crippen molar-refractivity contribution in [3.63, 3.8) is 0 Å². The zero-order chi connectivity index (χ0) is 11.3. The summed E-state index contributed by atoms with van der Waals surface area (Å²) in [7, 11) is 0. The summed E-state index contributed by atoms with van der Waals surface area (Å²) in [6.07, 6.45) is 2.45. The lowest BCUT2D eigenvalue weighted by molar-refractivity contribution is 0.405. The maximum atomic E-state index is 6.36. The molecule has 1 atom stereocenters. The molecule has 3 N–H and O–H groups in total. The Balaban J connectivity index is 2.15. The molecule has 1 aromatic heterocycles. The molecule has 0 bridgehead atoms. The van der Waals surface area contributed by atoms with Gasteiger partial charge < -0.3 is 10.7 Å². The van der Waals surface area contributed by atoms with Crippen molar-refractivity contribution >= 4 is 11.0 Å². The van der Waals surface area contributed by atoms with Crippen LogP contribution >= 0.6 is 0 Å². The van der Waals surface area contributed by atoms with Crippen LogP contribution in [-0.2, 0) is 5.54 Å². The number of H-pyrrole nitrogens is 1. The van der Waals surface area contributed by atoms with Gasteiger partial charge in [-0.05, 0) is 44.2 Å². The van der Waals surface area contributed by atoms with Gasteiger partial charge in [0.1, 0.15) is 5.82 Å². The fraction of sp³-hybridized carbons (Fsp3) is 0.462. The number of aromatic amines is 1. The highest BCUT2D eigenvalue weighted by molar-refractivity contribution is 5.78. The topological polar surface area (TPSA) is 54.7 Å². The SMILES string of the molecule is Cc1cccc2[nH]c(C(C)(N)C3CC3)nc12. The number of hydrogen-bond acceptors (Lipinski definition) is 2. The lowest BCUT2D eigenvalue weighted by Crippen LogP contribution is -2.36. The summed E-state index contributed by atoms with van der Waals surface area (Å²) in [6.45, 7) is 4.16. The molecule has 0 aliphatic heterocycles. The van der Waals surface area contributed by atoms with E-state index >= 15 is 0 Å². The van der Waals surface area contributed by atoms with Crippen LogP contribution in [0.4, 0.5) is 0 Å².